The summed E-state index contributed by atoms with van der Waals surface area (Å²) in [5, 5.41) is 0. The smallest absolute Gasteiger partial charge is 0.432 e. The number of benzene rings is 1. The van der Waals surface area contributed by atoms with Crippen LogP contribution in [-0.4, -0.2) is 23.1 Å². The Morgan fingerprint density at radius 3 is 2.11 bits per heavy atom. The van der Waals surface area contributed by atoms with E-state index in [4.69, 9.17) is 0 Å². The van der Waals surface area contributed by atoms with Crippen molar-refractivity contribution in [2.75, 3.05) is 6.26 Å². The van der Waals surface area contributed by atoms with Gasteiger partial charge in [0, 0.05) is 6.26 Å². The molecule has 5 nitrogen and oxygen atoms in total. The molecule has 1 aromatic rings. The Morgan fingerprint density at radius 1 is 1.11 bits per heavy atom. The van der Waals surface area contributed by atoms with Crippen molar-refractivity contribution in [2.24, 2.45) is 0 Å². The summed E-state index contributed by atoms with van der Waals surface area (Å²) in [6.07, 6.45) is 3.57. The van der Waals surface area contributed by atoms with Gasteiger partial charge in [0.2, 0.25) is 0 Å². The van der Waals surface area contributed by atoms with Crippen LogP contribution in [0, 0.1) is 0 Å². The van der Waals surface area contributed by atoms with E-state index in [1.54, 1.807) is 0 Å². The number of sulfonamides is 2. The van der Waals surface area contributed by atoms with Crippen LogP contribution in [0.2, 0.25) is 0 Å². The second-order valence-electron chi connectivity index (χ2n) is 3.49. The molecule has 0 aliphatic heterocycles. The molecule has 1 rings (SSSR count). The summed E-state index contributed by atoms with van der Waals surface area (Å²) >= 11 is 0. The Kier molecular flexibility index (Phi) is 6.26. The first-order valence-electron chi connectivity index (χ1n) is 4.78. The fourth-order valence-electron chi connectivity index (χ4n) is 1.31. The average molecular weight is 293 g/mol. The fraction of sp³-hybridized carbons (Fsp3) is 0.0909. The van der Waals surface area contributed by atoms with Crippen LogP contribution in [-0.2, 0) is 20.0 Å². The van der Waals surface area contributed by atoms with Gasteiger partial charge in [-0.25, -0.2) is 16.8 Å². The van der Waals surface area contributed by atoms with Crippen molar-refractivity contribution in [3.05, 3.63) is 46.6 Å². The van der Waals surface area contributed by atoms with Crippen LogP contribution in [0.1, 0.15) is 11.1 Å². The number of hydrogen-bond acceptors (Lipinski definition) is 4. The average Bonchev–Trinajstić information content (AvgIpc) is 2.24. The van der Waals surface area contributed by atoms with Crippen LogP contribution in [0.4, 0.5) is 0 Å². The summed E-state index contributed by atoms with van der Waals surface area (Å²) < 4.78 is 48.4. The van der Waals surface area contributed by atoms with Gasteiger partial charge in [-0.2, -0.15) is 0 Å². The molecule has 0 aliphatic rings. The van der Waals surface area contributed by atoms with Crippen molar-refractivity contribution in [1.82, 2.24) is 0 Å². The van der Waals surface area contributed by atoms with Crippen molar-refractivity contribution in [3.8, 4) is 0 Å². The zero-order valence-electron chi connectivity index (χ0n) is 10.7. The second kappa shape index (κ2) is 6.55. The quantitative estimate of drug-likeness (QED) is 0.652. The van der Waals surface area contributed by atoms with Gasteiger partial charge in [-0.05, 0) is 23.3 Å². The summed E-state index contributed by atoms with van der Waals surface area (Å²) in [7, 11) is -8.24. The van der Waals surface area contributed by atoms with Crippen molar-refractivity contribution >= 4 is 32.2 Å². The molecule has 0 heterocycles. The number of nitrogens with zero attached hydrogens (tertiary/aromatic N) is 1. The molecule has 1 aromatic carbocycles. The molecule has 98 valence electrons. The third kappa shape index (κ3) is 4.97. The van der Waals surface area contributed by atoms with E-state index in [-0.39, 0.29) is 29.3 Å². The topological polar surface area (TPSA) is 82.4 Å². The minimum Gasteiger partial charge on any atom is -0.432 e. The van der Waals surface area contributed by atoms with E-state index in [2.05, 4.69) is 17.3 Å². The maximum absolute atomic E-state index is 11.8. The SMILES string of the molecule is C=Cc1ccc(S(=O)(=O)[N-]S(C)(=O)=O)c(C=C)c1.[Li+]. The van der Waals surface area contributed by atoms with Gasteiger partial charge in [-0.3, -0.25) is 0 Å². The Labute approximate surface area is 125 Å². The Bertz CT molecular complexity index is 693. The van der Waals surface area contributed by atoms with Crippen LogP contribution in [0.5, 0.6) is 0 Å². The van der Waals surface area contributed by atoms with Gasteiger partial charge in [-0.15, -0.1) is 0 Å². The van der Waals surface area contributed by atoms with Crippen molar-refractivity contribution in [2.45, 2.75) is 4.90 Å². The molecule has 0 unspecified atom stereocenters. The van der Waals surface area contributed by atoms with E-state index in [0.29, 0.717) is 5.56 Å². The molecule has 0 saturated heterocycles. The zero-order valence-corrected chi connectivity index (χ0v) is 12.3. The second-order valence-corrected chi connectivity index (χ2v) is 6.94. The molecule has 0 bridgehead atoms. The van der Waals surface area contributed by atoms with Gasteiger partial charge >= 0.3 is 18.9 Å². The molecule has 0 amide bonds. The van der Waals surface area contributed by atoms with E-state index in [1.165, 1.54) is 30.4 Å². The van der Waals surface area contributed by atoms with E-state index in [0.717, 1.165) is 6.26 Å². The first-order chi connectivity index (χ1) is 8.19. The maximum atomic E-state index is 11.8. The molecular weight excluding hydrogens is 281 g/mol. The number of rotatable bonds is 5. The normalized spacial score (nSPS) is 11.4. The summed E-state index contributed by atoms with van der Waals surface area (Å²) in [6.45, 7) is 7.04. The van der Waals surface area contributed by atoms with Crippen LogP contribution in [0.15, 0.2) is 36.3 Å². The third-order valence-corrected chi connectivity index (χ3v) is 4.80. The maximum Gasteiger partial charge on any atom is 1.00 e. The van der Waals surface area contributed by atoms with Crippen molar-refractivity contribution in [3.63, 3.8) is 0 Å². The first kappa shape index (κ1) is 18.2. The summed E-state index contributed by atoms with van der Waals surface area (Å²) in [5.74, 6) is 0. The molecule has 0 N–H and O–H groups in total. The minimum atomic E-state index is -4.25. The molecule has 0 saturated carbocycles. The third-order valence-electron chi connectivity index (χ3n) is 2.00. The molecule has 0 aliphatic carbocycles. The van der Waals surface area contributed by atoms with E-state index >= 15 is 0 Å². The van der Waals surface area contributed by atoms with Gasteiger partial charge in [0.05, 0.1) is 14.9 Å². The predicted octanol–water partition coefficient (Wildman–Crippen LogP) is -1.00. The van der Waals surface area contributed by atoms with Gasteiger partial charge in [-0.1, -0.05) is 31.4 Å². The summed E-state index contributed by atoms with van der Waals surface area (Å²) in [4.78, 5) is -0.200. The molecule has 0 radical (unpaired) electrons. The molecule has 8 heteroatoms. The van der Waals surface area contributed by atoms with Gasteiger partial charge in [0.15, 0.2) is 0 Å². The minimum absolute atomic E-state index is 0. The van der Waals surface area contributed by atoms with Gasteiger partial charge in [0.1, 0.15) is 10.0 Å². The van der Waals surface area contributed by atoms with Crippen molar-refractivity contribution < 1.29 is 35.7 Å². The number of hydrogen-bond donors (Lipinski definition) is 0. The predicted molar refractivity (Wildman–Crippen MR) is 72.0 cm³/mol. The van der Waals surface area contributed by atoms with Gasteiger partial charge < -0.3 is 4.13 Å². The summed E-state index contributed by atoms with van der Waals surface area (Å²) in [6, 6.07) is 4.31. The van der Waals surface area contributed by atoms with Crippen LogP contribution >= 0.6 is 0 Å². The molecule has 0 aromatic heterocycles. The Balaban J connectivity index is 0.00000324. The van der Waals surface area contributed by atoms with E-state index in [1.807, 2.05) is 0 Å². The van der Waals surface area contributed by atoms with E-state index < -0.39 is 20.0 Å². The zero-order chi connectivity index (χ0) is 14.0. The van der Waals surface area contributed by atoms with Gasteiger partial charge in [0.25, 0.3) is 0 Å². The summed E-state index contributed by atoms with van der Waals surface area (Å²) in [5.41, 5.74) is 0.975. The van der Waals surface area contributed by atoms with Crippen LogP contribution < -0.4 is 18.9 Å². The molecule has 0 fully saturated rings. The Morgan fingerprint density at radius 2 is 1.68 bits per heavy atom. The Hall–Kier alpha value is -0.843. The van der Waals surface area contributed by atoms with Crippen molar-refractivity contribution in [1.29, 1.82) is 0 Å². The molecule has 0 atom stereocenters. The largest absolute Gasteiger partial charge is 1.00 e. The van der Waals surface area contributed by atoms with Crippen LogP contribution in [0.3, 0.4) is 0 Å². The van der Waals surface area contributed by atoms with E-state index in [9.17, 15) is 16.8 Å². The first-order valence-corrected chi connectivity index (χ1v) is 8.06. The molecule has 0 spiro atoms. The molecule has 19 heavy (non-hydrogen) atoms. The fourth-order valence-corrected chi connectivity index (χ4v) is 3.73. The molecular formula is C11H12LiNO4S2. The monoisotopic (exact) mass is 293 g/mol. The van der Waals surface area contributed by atoms with Crippen LogP contribution in [0.25, 0.3) is 16.3 Å². The standard InChI is InChI=1S/C11H12NO4S2.Li/c1-4-9-6-7-11(10(5-2)8-9)18(15,16)12-17(3,13)14;/h4-8H,1-2H2,3H3;/q-1;+1.